The zero-order valence-electron chi connectivity index (χ0n) is 7.59. The van der Waals surface area contributed by atoms with Gasteiger partial charge in [-0.3, -0.25) is 4.55 Å². The van der Waals surface area contributed by atoms with Crippen LogP contribution >= 0.6 is 11.6 Å². The highest BCUT2D eigenvalue weighted by Crippen LogP contribution is 2.17. The Bertz CT molecular complexity index is 484. The van der Waals surface area contributed by atoms with Gasteiger partial charge >= 0.3 is 0 Å². The molecule has 1 rings (SSSR count). The van der Waals surface area contributed by atoms with Gasteiger partial charge in [-0.25, -0.2) is 4.99 Å². The van der Waals surface area contributed by atoms with E-state index in [0.717, 1.165) is 0 Å². The minimum absolute atomic E-state index is 0.0517. The SMILES string of the molecule is NC(CCl)=Nc1cccc(S(=O)(=O)O)c1. The molecule has 0 atom stereocenters. The summed E-state index contributed by atoms with van der Waals surface area (Å²) in [6.07, 6.45) is 0. The van der Waals surface area contributed by atoms with Crippen molar-refractivity contribution in [1.82, 2.24) is 0 Å². The average Bonchev–Trinajstić information content (AvgIpc) is 2.17. The van der Waals surface area contributed by atoms with Crippen molar-refractivity contribution in [3.8, 4) is 0 Å². The molecule has 0 heterocycles. The molecular weight excluding hydrogens is 240 g/mol. The second kappa shape index (κ2) is 4.61. The molecule has 15 heavy (non-hydrogen) atoms. The number of amidine groups is 1. The first-order valence-corrected chi connectivity index (χ1v) is 5.87. The van der Waals surface area contributed by atoms with Crippen LogP contribution in [0.5, 0.6) is 0 Å². The first-order chi connectivity index (χ1) is 6.93. The first-order valence-electron chi connectivity index (χ1n) is 3.90. The summed E-state index contributed by atoms with van der Waals surface area (Å²) in [4.78, 5) is 3.61. The van der Waals surface area contributed by atoms with E-state index < -0.39 is 10.1 Å². The lowest BCUT2D eigenvalue weighted by molar-refractivity contribution is 0.483. The molecule has 3 N–H and O–H groups in total. The van der Waals surface area contributed by atoms with E-state index in [2.05, 4.69) is 4.99 Å². The van der Waals surface area contributed by atoms with Gasteiger partial charge < -0.3 is 5.73 Å². The Morgan fingerprint density at radius 2 is 2.20 bits per heavy atom. The van der Waals surface area contributed by atoms with Crippen molar-refractivity contribution in [2.24, 2.45) is 10.7 Å². The number of halogens is 1. The minimum Gasteiger partial charge on any atom is -0.386 e. The smallest absolute Gasteiger partial charge is 0.294 e. The van der Waals surface area contributed by atoms with E-state index in [9.17, 15) is 8.42 Å². The van der Waals surface area contributed by atoms with Gasteiger partial charge in [0.1, 0.15) is 5.84 Å². The van der Waals surface area contributed by atoms with Gasteiger partial charge in [0.05, 0.1) is 16.5 Å². The van der Waals surface area contributed by atoms with Crippen molar-refractivity contribution in [2.45, 2.75) is 4.90 Å². The van der Waals surface area contributed by atoms with Crippen molar-refractivity contribution in [2.75, 3.05) is 5.88 Å². The lowest BCUT2D eigenvalue weighted by Crippen LogP contribution is -2.12. The average molecular weight is 249 g/mol. The molecule has 0 radical (unpaired) electrons. The topological polar surface area (TPSA) is 92.8 Å². The Balaban J connectivity index is 3.15. The third-order valence-electron chi connectivity index (χ3n) is 1.53. The maximum absolute atomic E-state index is 10.8. The zero-order chi connectivity index (χ0) is 11.5. The second-order valence-corrected chi connectivity index (χ2v) is 4.40. The third-order valence-corrected chi connectivity index (χ3v) is 2.65. The van der Waals surface area contributed by atoms with Crippen LogP contribution in [0.2, 0.25) is 0 Å². The van der Waals surface area contributed by atoms with Gasteiger partial charge in [-0.15, -0.1) is 11.6 Å². The Labute approximate surface area is 92.3 Å². The molecule has 5 nitrogen and oxygen atoms in total. The summed E-state index contributed by atoms with van der Waals surface area (Å²) in [6, 6.07) is 5.46. The van der Waals surface area contributed by atoms with Crippen LogP contribution in [-0.4, -0.2) is 24.7 Å². The highest BCUT2D eigenvalue weighted by molar-refractivity contribution is 7.85. The predicted molar refractivity (Wildman–Crippen MR) is 58.3 cm³/mol. The van der Waals surface area contributed by atoms with E-state index in [4.69, 9.17) is 21.9 Å². The summed E-state index contributed by atoms with van der Waals surface area (Å²) in [5, 5.41) is 0. The fraction of sp³-hybridized carbons (Fsp3) is 0.125. The number of hydrogen-bond acceptors (Lipinski definition) is 3. The third kappa shape index (κ3) is 3.50. The highest BCUT2D eigenvalue weighted by Gasteiger charge is 2.09. The molecule has 0 unspecified atom stereocenters. The van der Waals surface area contributed by atoms with Crippen LogP contribution < -0.4 is 5.73 Å². The summed E-state index contributed by atoms with van der Waals surface area (Å²) in [6.45, 7) is 0. The monoisotopic (exact) mass is 248 g/mol. The molecule has 0 amide bonds. The molecule has 82 valence electrons. The largest absolute Gasteiger partial charge is 0.386 e. The number of aliphatic imine (C=N–C) groups is 1. The molecule has 0 bridgehead atoms. The van der Waals surface area contributed by atoms with Gasteiger partial charge in [-0.2, -0.15) is 8.42 Å². The van der Waals surface area contributed by atoms with Crippen LogP contribution in [0.3, 0.4) is 0 Å². The van der Waals surface area contributed by atoms with Crippen molar-refractivity contribution in [1.29, 1.82) is 0 Å². The summed E-state index contributed by atoms with van der Waals surface area (Å²) in [7, 11) is -4.21. The van der Waals surface area contributed by atoms with Gasteiger partial charge in [0, 0.05) is 0 Å². The van der Waals surface area contributed by atoms with Crippen LogP contribution in [0.25, 0.3) is 0 Å². The van der Waals surface area contributed by atoms with E-state index >= 15 is 0 Å². The van der Waals surface area contributed by atoms with Crippen molar-refractivity contribution in [3.05, 3.63) is 24.3 Å². The molecule has 0 saturated heterocycles. The lowest BCUT2D eigenvalue weighted by Gasteiger charge is -1.99. The number of alkyl halides is 1. The molecule has 0 saturated carbocycles. The Hall–Kier alpha value is -1.11. The Kier molecular flexibility index (Phi) is 3.67. The van der Waals surface area contributed by atoms with E-state index in [1.54, 1.807) is 6.07 Å². The molecular formula is C8H9ClN2O3S. The van der Waals surface area contributed by atoms with E-state index in [-0.39, 0.29) is 16.6 Å². The van der Waals surface area contributed by atoms with Gasteiger partial charge in [0.25, 0.3) is 10.1 Å². The quantitative estimate of drug-likeness (QED) is 0.363. The maximum atomic E-state index is 10.8. The molecule has 0 aliphatic carbocycles. The lowest BCUT2D eigenvalue weighted by atomic mass is 10.3. The number of benzene rings is 1. The van der Waals surface area contributed by atoms with Gasteiger partial charge in [-0.05, 0) is 18.2 Å². The van der Waals surface area contributed by atoms with Crippen LogP contribution in [0.15, 0.2) is 34.2 Å². The molecule has 0 spiro atoms. The molecule has 1 aromatic carbocycles. The van der Waals surface area contributed by atoms with Crippen LogP contribution in [-0.2, 0) is 10.1 Å². The summed E-state index contributed by atoms with van der Waals surface area (Å²) in [5.41, 5.74) is 5.69. The number of nitrogens with two attached hydrogens (primary N) is 1. The second-order valence-electron chi connectivity index (χ2n) is 2.71. The minimum atomic E-state index is -4.21. The normalized spacial score (nSPS) is 12.8. The highest BCUT2D eigenvalue weighted by atomic mass is 35.5. The molecule has 0 aliphatic rings. The molecule has 0 aliphatic heterocycles. The number of hydrogen-bond donors (Lipinski definition) is 2. The van der Waals surface area contributed by atoms with Gasteiger partial charge in [0.2, 0.25) is 0 Å². The van der Waals surface area contributed by atoms with Crippen LogP contribution in [0, 0.1) is 0 Å². The van der Waals surface area contributed by atoms with Crippen molar-refractivity contribution >= 4 is 33.2 Å². The molecule has 0 aromatic heterocycles. The Morgan fingerprint density at radius 3 is 2.73 bits per heavy atom. The van der Waals surface area contributed by atoms with Gasteiger partial charge in [0.15, 0.2) is 0 Å². The summed E-state index contributed by atoms with van der Waals surface area (Å²) < 4.78 is 30.4. The molecule has 1 aromatic rings. The van der Waals surface area contributed by atoms with Gasteiger partial charge in [-0.1, -0.05) is 6.07 Å². The predicted octanol–water partition coefficient (Wildman–Crippen LogP) is 1.16. The van der Waals surface area contributed by atoms with Crippen molar-refractivity contribution < 1.29 is 13.0 Å². The van der Waals surface area contributed by atoms with Crippen LogP contribution in [0.1, 0.15) is 0 Å². The molecule has 0 fully saturated rings. The fourth-order valence-corrected chi connectivity index (χ4v) is 1.49. The Morgan fingerprint density at radius 1 is 1.53 bits per heavy atom. The first kappa shape index (κ1) is 12.0. The number of nitrogens with zero attached hydrogens (tertiary/aromatic N) is 1. The van der Waals surface area contributed by atoms with Crippen LogP contribution in [0.4, 0.5) is 5.69 Å². The fourth-order valence-electron chi connectivity index (χ4n) is 0.909. The van der Waals surface area contributed by atoms with E-state index in [1.807, 2.05) is 0 Å². The number of rotatable bonds is 3. The summed E-state index contributed by atoms with van der Waals surface area (Å²) >= 11 is 5.41. The summed E-state index contributed by atoms with van der Waals surface area (Å²) in [5.74, 6) is 0.222. The zero-order valence-corrected chi connectivity index (χ0v) is 9.16. The molecule has 7 heteroatoms. The van der Waals surface area contributed by atoms with E-state index in [0.29, 0.717) is 5.69 Å². The van der Waals surface area contributed by atoms with E-state index in [1.165, 1.54) is 18.2 Å². The maximum Gasteiger partial charge on any atom is 0.294 e. The van der Waals surface area contributed by atoms with Crippen molar-refractivity contribution in [3.63, 3.8) is 0 Å². The standard InChI is InChI=1S/C8H9ClN2O3S/c9-5-8(10)11-6-2-1-3-7(4-6)15(12,13)14/h1-4H,5H2,(H2,10,11)(H,12,13,14).